The number of hydrogen-bond acceptors (Lipinski definition) is 5. The molecule has 0 saturated carbocycles. The van der Waals surface area contributed by atoms with Crippen LogP contribution in [0.1, 0.15) is 26.8 Å². The average Bonchev–Trinajstić information content (AvgIpc) is 2.40. The largest absolute Gasteiger partial charge is 0.444 e. The molecule has 3 heterocycles. The highest BCUT2D eigenvalue weighted by atomic mass is 79.9. The van der Waals surface area contributed by atoms with Gasteiger partial charge < -0.3 is 14.2 Å². The maximum absolute atomic E-state index is 12.5. The van der Waals surface area contributed by atoms with Gasteiger partial charge in [-0.2, -0.15) is 0 Å². The summed E-state index contributed by atoms with van der Waals surface area (Å²) in [5.41, 5.74) is 0.125. The van der Waals surface area contributed by atoms with Crippen molar-refractivity contribution in [2.24, 2.45) is 0 Å². The standard InChI is InChI=1S/C15H17BrN4O3/c1-15(2,3)23-14(22)19-6-9(7-19)20-8-10(16)11-12(13(20)21)18-5-4-17-11/h4-5,8-9H,6-7H2,1-3H3. The van der Waals surface area contributed by atoms with E-state index in [0.29, 0.717) is 28.6 Å². The van der Waals surface area contributed by atoms with Gasteiger partial charge in [-0.15, -0.1) is 0 Å². The number of rotatable bonds is 1. The number of carbonyl (C=O) groups excluding carboxylic acids is 1. The Morgan fingerprint density at radius 3 is 2.48 bits per heavy atom. The third kappa shape index (κ3) is 3.08. The van der Waals surface area contributed by atoms with Gasteiger partial charge in [0.15, 0.2) is 5.52 Å². The van der Waals surface area contributed by atoms with Crippen LogP contribution in [0.2, 0.25) is 0 Å². The van der Waals surface area contributed by atoms with Gasteiger partial charge in [-0.1, -0.05) is 0 Å². The van der Waals surface area contributed by atoms with Gasteiger partial charge in [0.1, 0.15) is 11.1 Å². The van der Waals surface area contributed by atoms with E-state index in [4.69, 9.17) is 4.74 Å². The lowest BCUT2D eigenvalue weighted by molar-refractivity contribution is 0.000696. The van der Waals surface area contributed by atoms with Crippen LogP contribution in [-0.2, 0) is 4.74 Å². The molecule has 1 fully saturated rings. The Kier molecular flexibility index (Phi) is 3.87. The van der Waals surface area contributed by atoms with E-state index < -0.39 is 5.60 Å². The van der Waals surface area contributed by atoms with Crippen LogP contribution in [0.3, 0.4) is 0 Å². The van der Waals surface area contributed by atoms with Crippen LogP contribution in [0.25, 0.3) is 11.0 Å². The second kappa shape index (κ2) is 5.59. The third-order valence-corrected chi connectivity index (χ3v) is 4.10. The van der Waals surface area contributed by atoms with Crippen molar-refractivity contribution in [1.82, 2.24) is 19.4 Å². The molecule has 0 aliphatic carbocycles. The number of pyridine rings is 1. The summed E-state index contributed by atoms with van der Waals surface area (Å²) in [5.74, 6) is 0. The predicted molar refractivity (Wildman–Crippen MR) is 88.3 cm³/mol. The van der Waals surface area contributed by atoms with Crippen molar-refractivity contribution >= 4 is 33.1 Å². The normalized spacial score (nSPS) is 15.6. The van der Waals surface area contributed by atoms with Gasteiger partial charge in [-0.3, -0.25) is 9.78 Å². The van der Waals surface area contributed by atoms with Gasteiger partial charge in [0, 0.05) is 31.7 Å². The highest BCUT2D eigenvalue weighted by Crippen LogP contribution is 2.25. The molecule has 2 aromatic heterocycles. The van der Waals surface area contributed by atoms with E-state index in [2.05, 4.69) is 25.9 Å². The molecular weight excluding hydrogens is 364 g/mol. The molecule has 8 heteroatoms. The molecule has 0 unspecified atom stereocenters. The monoisotopic (exact) mass is 380 g/mol. The summed E-state index contributed by atoms with van der Waals surface area (Å²) in [7, 11) is 0. The van der Waals surface area contributed by atoms with Gasteiger partial charge >= 0.3 is 6.09 Å². The van der Waals surface area contributed by atoms with Crippen molar-refractivity contribution in [3.63, 3.8) is 0 Å². The first kappa shape index (κ1) is 15.9. The Balaban J connectivity index is 1.81. The molecule has 0 radical (unpaired) electrons. The Bertz CT molecular complexity index is 822. The van der Waals surface area contributed by atoms with Crippen LogP contribution < -0.4 is 5.56 Å². The smallest absolute Gasteiger partial charge is 0.410 e. The molecule has 0 aromatic carbocycles. The summed E-state index contributed by atoms with van der Waals surface area (Å²) in [6.45, 7) is 6.35. The summed E-state index contributed by atoms with van der Waals surface area (Å²) in [4.78, 5) is 34.3. The predicted octanol–water partition coefficient (Wildman–Crippen LogP) is 2.35. The van der Waals surface area contributed by atoms with E-state index >= 15 is 0 Å². The number of amides is 1. The van der Waals surface area contributed by atoms with Gasteiger partial charge in [0.2, 0.25) is 0 Å². The third-order valence-electron chi connectivity index (χ3n) is 3.52. The fraction of sp³-hybridized carbons (Fsp3) is 0.467. The van der Waals surface area contributed by atoms with Crippen LogP contribution in [0.4, 0.5) is 4.79 Å². The number of fused-ring (bicyclic) bond motifs is 1. The van der Waals surface area contributed by atoms with Crippen LogP contribution >= 0.6 is 15.9 Å². The van der Waals surface area contributed by atoms with Crippen molar-refractivity contribution in [1.29, 1.82) is 0 Å². The quantitative estimate of drug-likeness (QED) is 0.758. The Hall–Kier alpha value is -1.96. The van der Waals surface area contributed by atoms with Gasteiger partial charge in [-0.25, -0.2) is 9.78 Å². The van der Waals surface area contributed by atoms with Crippen LogP contribution in [0.5, 0.6) is 0 Å². The lowest BCUT2D eigenvalue weighted by atomic mass is 10.1. The zero-order valence-electron chi connectivity index (χ0n) is 13.1. The van der Waals surface area contributed by atoms with E-state index in [-0.39, 0.29) is 17.7 Å². The van der Waals surface area contributed by atoms with Gasteiger partial charge in [-0.05, 0) is 36.7 Å². The zero-order valence-corrected chi connectivity index (χ0v) is 14.7. The van der Waals surface area contributed by atoms with E-state index in [9.17, 15) is 9.59 Å². The molecular formula is C15H17BrN4O3. The second-order valence-corrected chi connectivity index (χ2v) is 7.34. The highest BCUT2D eigenvalue weighted by Gasteiger charge is 2.35. The molecule has 1 aliphatic rings. The number of hydrogen-bond donors (Lipinski definition) is 0. The minimum atomic E-state index is -0.527. The van der Waals surface area contributed by atoms with Crippen molar-refractivity contribution in [2.45, 2.75) is 32.4 Å². The maximum Gasteiger partial charge on any atom is 0.410 e. The van der Waals surface area contributed by atoms with Crippen molar-refractivity contribution in [3.8, 4) is 0 Å². The summed E-state index contributed by atoms with van der Waals surface area (Å²) in [5, 5.41) is 0. The van der Waals surface area contributed by atoms with E-state index in [1.165, 1.54) is 6.20 Å². The molecule has 0 atom stereocenters. The Labute approximate surface area is 141 Å². The summed E-state index contributed by atoms with van der Waals surface area (Å²) >= 11 is 3.42. The zero-order chi connectivity index (χ0) is 16.8. The van der Waals surface area contributed by atoms with Crippen LogP contribution in [0.15, 0.2) is 27.9 Å². The average molecular weight is 381 g/mol. The summed E-state index contributed by atoms with van der Waals surface area (Å²) in [6, 6.07) is -0.0854. The van der Waals surface area contributed by atoms with Crippen molar-refractivity contribution < 1.29 is 9.53 Å². The summed E-state index contributed by atoms with van der Waals surface area (Å²) < 4.78 is 7.62. The number of nitrogens with zero attached hydrogens (tertiary/aromatic N) is 4. The fourth-order valence-electron chi connectivity index (χ4n) is 2.41. The molecule has 1 amide bonds. The lowest BCUT2D eigenvalue weighted by Crippen LogP contribution is -2.54. The first-order valence-electron chi connectivity index (χ1n) is 7.25. The Morgan fingerprint density at radius 1 is 1.26 bits per heavy atom. The highest BCUT2D eigenvalue weighted by molar-refractivity contribution is 9.10. The number of likely N-dealkylation sites (tertiary alicyclic amines) is 1. The van der Waals surface area contributed by atoms with Gasteiger partial charge in [0.25, 0.3) is 5.56 Å². The molecule has 0 N–H and O–H groups in total. The summed E-state index contributed by atoms with van der Waals surface area (Å²) in [6.07, 6.45) is 4.39. The lowest BCUT2D eigenvalue weighted by Gasteiger charge is -2.40. The molecule has 3 rings (SSSR count). The SMILES string of the molecule is CC(C)(C)OC(=O)N1CC(n2cc(Br)c3nccnc3c2=O)C1. The second-order valence-electron chi connectivity index (χ2n) is 6.48. The van der Waals surface area contributed by atoms with E-state index in [1.54, 1.807) is 21.9 Å². The minimum Gasteiger partial charge on any atom is -0.444 e. The number of aromatic nitrogens is 3. The number of carbonyl (C=O) groups is 1. The molecule has 7 nitrogen and oxygen atoms in total. The van der Waals surface area contributed by atoms with Crippen molar-refractivity contribution in [2.75, 3.05) is 13.1 Å². The maximum atomic E-state index is 12.5. The molecule has 2 aromatic rings. The van der Waals surface area contributed by atoms with E-state index in [0.717, 1.165) is 0 Å². The number of halogens is 1. The number of ether oxygens (including phenoxy) is 1. The molecule has 1 aliphatic heterocycles. The molecule has 0 bridgehead atoms. The van der Waals surface area contributed by atoms with E-state index in [1.807, 2.05) is 20.8 Å². The van der Waals surface area contributed by atoms with Crippen LogP contribution in [0, 0.1) is 0 Å². The first-order valence-corrected chi connectivity index (χ1v) is 8.05. The molecule has 1 saturated heterocycles. The minimum absolute atomic E-state index is 0.0854. The Morgan fingerprint density at radius 2 is 1.87 bits per heavy atom. The molecule has 23 heavy (non-hydrogen) atoms. The first-order chi connectivity index (χ1) is 10.8. The molecule has 0 spiro atoms. The van der Waals surface area contributed by atoms with Crippen molar-refractivity contribution in [3.05, 3.63) is 33.4 Å². The van der Waals surface area contributed by atoms with Gasteiger partial charge in [0.05, 0.1) is 10.5 Å². The fourth-order valence-corrected chi connectivity index (χ4v) is 2.92. The topological polar surface area (TPSA) is 77.3 Å². The molecule has 122 valence electrons. The van der Waals surface area contributed by atoms with Crippen LogP contribution in [-0.4, -0.2) is 44.2 Å².